The first-order valence-corrected chi connectivity index (χ1v) is 10.6. The molecule has 1 heterocycles. The molecule has 0 spiro atoms. The number of carbonyl (C=O) groups is 3. The number of nitrogens with zero attached hydrogens (tertiary/aromatic N) is 2. The van der Waals surface area contributed by atoms with Gasteiger partial charge >= 0.3 is 5.97 Å². The molecule has 2 N–H and O–H groups in total. The number of Topliss-reactive ketones (excluding diaryl/α,β-unsaturated/α-hetero) is 1. The average molecular weight is 454 g/mol. The van der Waals surface area contributed by atoms with Crippen LogP contribution < -0.4 is 0 Å². The predicted molar refractivity (Wildman–Crippen MR) is 130 cm³/mol. The maximum absolute atomic E-state index is 12.5. The summed E-state index contributed by atoms with van der Waals surface area (Å²) in [6, 6.07) is 18.6. The van der Waals surface area contributed by atoms with E-state index in [2.05, 4.69) is 0 Å². The number of hydrogen-bond acceptors (Lipinski definition) is 5. The van der Waals surface area contributed by atoms with E-state index in [4.69, 9.17) is 4.99 Å². The molecule has 3 aromatic carbocycles. The minimum absolute atomic E-state index is 0.128. The lowest BCUT2D eigenvalue weighted by molar-refractivity contribution is 0.0696. The first-order valence-electron chi connectivity index (χ1n) is 10.6. The van der Waals surface area contributed by atoms with Crippen LogP contribution in [0.1, 0.15) is 56.0 Å². The fourth-order valence-electron chi connectivity index (χ4n) is 4.03. The van der Waals surface area contributed by atoms with Gasteiger partial charge in [-0.05, 0) is 55.8 Å². The molecule has 170 valence electrons. The van der Waals surface area contributed by atoms with Crippen LogP contribution in [0.3, 0.4) is 0 Å². The molecule has 0 saturated carbocycles. The summed E-state index contributed by atoms with van der Waals surface area (Å²) in [5, 5.41) is 21.0. The van der Waals surface area contributed by atoms with Gasteiger partial charge in [0, 0.05) is 23.4 Å². The molecule has 34 heavy (non-hydrogen) atoms. The molecule has 0 saturated heterocycles. The highest BCUT2D eigenvalue weighted by atomic mass is 16.4. The van der Waals surface area contributed by atoms with Gasteiger partial charge in [0.15, 0.2) is 5.78 Å². The van der Waals surface area contributed by atoms with E-state index >= 15 is 0 Å². The van der Waals surface area contributed by atoms with Crippen LogP contribution in [-0.4, -0.2) is 38.2 Å². The standard InChI is InChI=1S/C27H22N2O5/c1-15-13-22-23(14-21(15)16(2)30)29(17(3)31)26(32)24(22)25(18-7-5-4-6-8-18)28-20-11-9-19(10-12-20)27(33)34/h4-14,32H,1-3H3,(H,33,34). The zero-order valence-electron chi connectivity index (χ0n) is 18.9. The Morgan fingerprint density at radius 1 is 0.882 bits per heavy atom. The van der Waals surface area contributed by atoms with Gasteiger partial charge in [-0.15, -0.1) is 0 Å². The van der Waals surface area contributed by atoms with Gasteiger partial charge in [0.2, 0.25) is 11.8 Å². The van der Waals surface area contributed by atoms with Gasteiger partial charge in [0.05, 0.1) is 28.0 Å². The van der Waals surface area contributed by atoms with E-state index in [1.54, 1.807) is 31.2 Å². The largest absolute Gasteiger partial charge is 0.494 e. The smallest absolute Gasteiger partial charge is 0.335 e. The summed E-state index contributed by atoms with van der Waals surface area (Å²) < 4.78 is 1.17. The molecule has 0 fully saturated rings. The van der Waals surface area contributed by atoms with Crippen LogP contribution in [0.25, 0.3) is 10.9 Å². The van der Waals surface area contributed by atoms with E-state index < -0.39 is 11.9 Å². The summed E-state index contributed by atoms with van der Waals surface area (Å²) in [4.78, 5) is 40.6. The molecule has 4 rings (SSSR count). The van der Waals surface area contributed by atoms with Crippen molar-refractivity contribution in [3.63, 3.8) is 0 Å². The summed E-state index contributed by atoms with van der Waals surface area (Å²) in [6.45, 7) is 4.58. The molecule has 7 nitrogen and oxygen atoms in total. The fraction of sp³-hybridized carbons (Fsp3) is 0.111. The second-order valence-electron chi connectivity index (χ2n) is 7.97. The van der Waals surface area contributed by atoms with Gasteiger partial charge in [0.1, 0.15) is 0 Å². The number of aromatic nitrogens is 1. The Morgan fingerprint density at radius 2 is 1.53 bits per heavy atom. The summed E-state index contributed by atoms with van der Waals surface area (Å²) in [5.41, 5.74) is 3.61. The zero-order valence-corrected chi connectivity index (χ0v) is 18.9. The molecule has 0 amide bonds. The third-order valence-corrected chi connectivity index (χ3v) is 5.62. The van der Waals surface area contributed by atoms with Crippen molar-refractivity contribution < 1.29 is 24.6 Å². The molecular weight excluding hydrogens is 432 g/mol. The van der Waals surface area contributed by atoms with E-state index in [1.807, 2.05) is 30.3 Å². The Bertz CT molecular complexity index is 1480. The molecule has 0 aliphatic carbocycles. The number of hydrogen-bond donors (Lipinski definition) is 2. The summed E-state index contributed by atoms with van der Waals surface area (Å²) in [7, 11) is 0. The lowest BCUT2D eigenvalue weighted by Crippen LogP contribution is -2.07. The molecule has 0 unspecified atom stereocenters. The first-order chi connectivity index (χ1) is 16.2. The maximum atomic E-state index is 12.5. The van der Waals surface area contributed by atoms with Crippen molar-refractivity contribution in [2.45, 2.75) is 20.8 Å². The fourth-order valence-corrected chi connectivity index (χ4v) is 4.03. The van der Waals surface area contributed by atoms with Gasteiger partial charge in [-0.3, -0.25) is 14.2 Å². The molecule has 1 aromatic heterocycles. The van der Waals surface area contributed by atoms with E-state index in [-0.39, 0.29) is 17.2 Å². The van der Waals surface area contributed by atoms with Crippen LogP contribution in [0.5, 0.6) is 5.88 Å². The molecule has 0 aliphatic rings. The number of aromatic hydroxyl groups is 1. The Balaban J connectivity index is 2.06. The van der Waals surface area contributed by atoms with Crippen molar-refractivity contribution in [2.75, 3.05) is 0 Å². The van der Waals surface area contributed by atoms with E-state index in [0.717, 1.165) is 0 Å². The molecular formula is C27H22N2O5. The lowest BCUT2D eigenvalue weighted by atomic mass is 9.97. The van der Waals surface area contributed by atoms with Crippen molar-refractivity contribution in [2.24, 2.45) is 4.99 Å². The Kier molecular flexibility index (Phi) is 5.86. The van der Waals surface area contributed by atoms with Crippen LogP contribution in [0.4, 0.5) is 5.69 Å². The van der Waals surface area contributed by atoms with Crippen molar-refractivity contribution in [3.05, 3.63) is 94.5 Å². The van der Waals surface area contributed by atoms with Crippen molar-refractivity contribution >= 4 is 40.0 Å². The summed E-state index contributed by atoms with van der Waals surface area (Å²) in [5.74, 6) is -1.89. The van der Waals surface area contributed by atoms with Crippen molar-refractivity contribution in [1.82, 2.24) is 4.57 Å². The second-order valence-corrected chi connectivity index (χ2v) is 7.97. The Hall–Kier alpha value is -4.52. The highest BCUT2D eigenvalue weighted by molar-refractivity contribution is 6.23. The molecule has 7 heteroatoms. The minimum atomic E-state index is -1.04. The van der Waals surface area contributed by atoms with E-state index in [1.165, 1.54) is 30.5 Å². The number of fused-ring (bicyclic) bond motifs is 1. The second kappa shape index (κ2) is 8.78. The Labute approximate surface area is 195 Å². The number of rotatable bonds is 5. The van der Waals surface area contributed by atoms with Gasteiger partial charge in [-0.1, -0.05) is 30.3 Å². The van der Waals surface area contributed by atoms with Crippen LogP contribution in [0, 0.1) is 6.92 Å². The maximum Gasteiger partial charge on any atom is 0.335 e. The van der Waals surface area contributed by atoms with Crippen LogP contribution in [0.2, 0.25) is 0 Å². The first kappa shape index (κ1) is 22.7. The molecule has 0 aliphatic heterocycles. The van der Waals surface area contributed by atoms with Gasteiger partial charge in [0.25, 0.3) is 0 Å². The Morgan fingerprint density at radius 3 is 2.09 bits per heavy atom. The lowest BCUT2D eigenvalue weighted by Gasteiger charge is -2.09. The summed E-state index contributed by atoms with van der Waals surface area (Å²) >= 11 is 0. The SMILES string of the molecule is CC(=O)c1cc2c(cc1C)c(C(=Nc1ccc(C(=O)O)cc1)c1ccccc1)c(O)n2C(C)=O. The molecule has 0 radical (unpaired) electrons. The highest BCUT2D eigenvalue weighted by Gasteiger charge is 2.25. The van der Waals surface area contributed by atoms with Gasteiger partial charge < -0.3 is 10.2 Å². The van der Waals surface area contributed by atoms with Crippen LogP contribution >= 0.6 is 0 Å². The number of aliphatic imine (C=N–C) groups is 1. The minimum Gasteiger partial charge on any atom is -0.494 e. The zero-order chi connectivity index (χ0) is 24.6. The van der Waals surface area contributed by atoms with E-state index in [9.17, 15) is 24.6 Å². The number of aryl methyl sites for hydroxylation is 1. The number of carbonyl (C=O) groups excluding carboxylic acids is 2. The topological polar surface area (TPSA) is 109 Å². The number of carboxylic acid groups (broad SMARTS) is 1. The van der Waals surface area contributed by atoms with Crippen LogP contribution in [0.15, 0.2) is 71.7 Å². The normalized spacial score (nSPS) is 11.6. The van der Waals surface area contributed by atoms with Gasteiger partial charge in [-0.2, -0.15) is 0 Å². The number of ketones is 1. The average Bonchev–Trinajstić information content (AvgIpc) is 3.08. The predicted octanol–water partition coefficient (Wildman–Crippen LogP) is 5.39. The van der Waals surface area contributed by atoms with Crippen LogP contribution in [-0.2, 0) is 0 Å². The number of benzene rings is 3. The highest BCUT2D eigenvalue weighted by Crippen LogP contribution is 2.36. The number of aromatic carboxylic acids is 1. The molecule has 0 bridgehead atoms. The third-order valence-electron chi connectivity index (χ3n) is 5.62. The quantitative estimate of drug-likeness (QED) is 0.311. The summed E-state index contributed by atoms with van der Waals surface area (Å²) in [6.07, 6.45) is 0. The van der Waals surface area contributed by atoms with Crippen molar-refractivity contribution in [1.29, 1.82) is 0 Å². The van der Waals surface area contributed by atoms with Crippen molar-refractivity contribution in [3.8, 4) is 5.88 Å². The molecule has 4 aromatic rings. The third kappa shape index (κ3) is 3.99. The number of carboxylic acids is 1. The molecule has 0 atom stereocenters. The monoisotopic (exact) mass is 454 g/mol. The van der Waals surface area contributed by atoms with E-state index in [0.29, 0.717) is 44.6 Å². The van der Waals surface area contributed by atoms with Gasteiger partial charge in [-0.25, -0.2) is 9.79 Å².